The number of anilines is 1. The zero-order valence-electron chi connectivity index (χ0n) is 13.0. The third-order valence-electron chi connectivity index (χ3n) is 2.88. The van der Waals surface area contributed by atoms with Crippen molar-refractivity contribution in [3.63, 3.8) is 0 Å². The maximum absolute atomic E-state index is 11.8. The van der Waals surface area contributed by atoms with Crippen LogP contribution in [0.25, 0.3) is 6.08 Å². The van der Waals surface area contributed by atoms with Crippen LogP contribution in [0.2, 0.25) is 5.02 Å². The van der Waals surface area contributed by atoms with Crippen LogP contribution in [-0.4, -0.2) is 17.1 Å². The van der Waals surface area contributed by atoms with Gasteiger partial charge in [-0.25, -0.2) is 10.2 Å². The van der Waals surface area contributed by atoms with Crippen LogP contribution in [0.4, 0.5) is 10.5 Å². The summed E-state index contributed by atoms with van der Waals surface area (Å²) in [6, 6.07) is 15.5. The molecule has 25 heavy (non-hydrogen) atoms. The van der Waals surface area contributed by atoms with E-state index in [1.807, 2.05) is 12.1 Å². The minimum Gasteiger partial charge on any atom is -0.307 e. The summed E-state index contributed by atoms with van der Waals surface area (Å²) < 4.78 is 0. The second-order valence-electron chi connectivity index (χ2n) is 4.74. The van der Waals surface area contributed by atoms with E-state index in [9.17, 15) is 9.59 Å². The first-order valence-electron chi connectivity index (χ1n) is 7.20. The molecule has 2 aromatic rings. The Morgan fingerprint density at radius 1 is 0.960 bits per heavy atom. The first-order chi connectivity index (χ1) is 12.0. The molecule has 0 atom stereocenters. The highest BCUT2D eigenvalue weighted by molar-refractivity contribution is 7.80. The summed E-state index contributed by atoms with van der Waals surface area (Å²) >= 11 is 10.9. The standard InChI is InChI=1S/C17H15ClN4O2S/c18-14-9-5-4-6-12(14)10-11-15(23)20-17(25)22-21-16(24)19-13-7-2-1-3-8-13/h1-11H,(H2,19,21,24)(H2,20,22,23,25). The Morgan fingerprint density at radius 3 is 2.36 bits per heavy atom. The highest BCUT2D eigenvalue weighted by atomic mass is 35.5. The van der Waals surface area contributed by atoms with Crippen molar-refractivity contribution in [3.05, 3.63) is 71.3 Å². The maximum atomic E-state index is 11.8. The fraction of sp³-hybridized carbons (Fsp3) is 0. The molecule has 128 valence electrons. The Bertz CT molecular complexity index is 796. The molecule has 6 nitrogen and oxygen atoms in total. The minimum absolute atomic E-state index is 0.0444. The van der Waals surface area contributed by atoms with Gasteiger partial charge in [0.2, 0.25) is 5.91 Å². The van der Waals surface area contributed by atoms with Crippen LogP contribution < -0.4 is 21.5 Å². The lowest BCUT2D eigenvalue weighted by atomic mass is 10.2. The number of rotatable bonds is 3. The normalized spacial score (nSPS) is 10.1. The van der Waals surface area contributed by atoms with Crippen LogP contribution in [0.5, 0.6) is 0 Å². The Kier molecular flexibility index (Phi) is 6.94. The quantitative estimate of drug-likeness (QED) is 0.378. The third kappa shape index (κ3) is 6.62. The van der Waals surface area contributed by atoms with Gasteiger partial charge in [0.25, 0.3) is 0 Å². The molecule has 2 aromatic carbocycles. The summed E-state index contributed by atoms with van der Waals surface area (Å²) in [5.41, 5.74) is 6.07. The van der Waals surface area contributed by atoms with E-state index >= 15 is 0 Å². The molecule has 0 aliphatic rings. The van der Waals surface area contributed by atoms with Crippen molar-refractivity contribution in [2.45, 2.75) is 0 Å². The smallest absolute Gasteiger partial charge is 0.307 e. The monoisotopic (exact) mass is 374 g/mol. The summed E-state index contributed by atoms with van der Waals surface area (Å²) in [5.74, 6) is -0.456. The van der Waals surface area contributed by atoms with Gasteiger partial charge in [0, 0.05) is 16.8 Å². The fourth-order valence-electron chi connectivity index (χ4n) is 1.76. The third-order valence-corrected chi connectivity index (χ3v) is 3.43. The number of para-hydroxylation sites is 1. The Labute approximate surface area is 155 Å². The van der Waals surface area contributed by atoms with Crippen molar-refractivity contribution in [2.75, 3.05) is 5.32 Å². The highest BCUT2D eigenvalue weighted by Crippen LogP contribution is 2.15. The molecule has 0 aromatic heterocycles. The van der Waals surface area contributed by atoms with Gasteiger partial charge in [0.15, 0.2) is 5.11 Å². The van der Waals surface area contributed by atoms with Gasteiger partial charge in [-0.2, -0.15) is 0 Å². The van der Waals surface area contributed by atoms with Crippen LogP contribution in [-0.2, 0) is 4.79 Å². The number of carbonyl (C=O) groups is 2. The van der Waals surface area contributed by atoms with E-state index in [0.717, 1.165) is 0 Å². The summed E-state index contributed by atoms with van der Waals surface area (Å²) in [6.07, 6.45) is 2.86. The molecule has 4 N–H and O–H groups in total. The van der Waals surface area contributed by atoms with E-state index in [2.05, 4.69) is 21.5 Å². The van der Waals surface area contributed by atoms with Crippen molar-refractivity contribution in [3.8, 4) is 0 Å². The van der Waals surface area contributed by atoms with Crippen molar-refractivity contribution in [1.29, 1.82) is 0 Å². The molecule has 8 heteroatoms. The topological polar surface area (TPSA) is 82.3 Å². The Morgan fingerprint density at radius 2 is 1.64 bits per heavy atom. The van der Waals surface area contributed by atoms with E-state index in [1.54, 1.807) is 48.5 Å². The van der Waals surface area contributed by atoms with Crippen LogP contribution in [0.15, 0.2) is 60.7 Å². The molecule has 0 saturated heterocycles. The van der Waals surface area contributed by atoms with Gasteiger partial charge in [-0.15, -0.1) is 0 Å². The predicted molar refractivity (Wildman–Crippen MR) is 103 cm³/mol. The number of halogens is 1. The number of hydrogen-bond donors (Lipinski definition) is 4. The Balaban J connectivity index is 1.75. The van der Waals surface area contributed by atoms with Crippen LogP contribution >= 0.6 is 23.8 Å². The molecule has 0 bridgehead atoms. The zero-order chi connectivity index (χ0) is 18.1. The molecule has 0 aliphatic heterocycles. The van der Waals surface area contributed by atoms with Crippen LogP contribution in [0, 0.1) is 0 Å². The molecule has 0 spiro atoms. The molecule has 0 saturated carbocycles. The minimum atomic E-state index is -0.519. The van der Waals surface area contributed by atoms with E-state index in [-0.39, 0.29) is 5.11 Å². The van der Waals surface area contributed by atoms with E-state index in [0.29, 0.717) is 16.3 Å². The lowest BCUT2D eigenvalue weighted by molar-refractivity contribution is -0.115. The molecule has 2 rings (SSSR count). The molecular formula is C17H15ClN4O2S. The molecule has 3 amide bonds. The average molecular weight is 375 g/mol. The molecule has 0 unspecified atom stereocenters. The summed E-state index contributed by atoms with van der Waals surface area (Å²) in [6.45, 7) is 0. The van der Waals surface area contributed by atoms with Gasteiger partial charge < -0.3 is 5.32 Å². The molecule has 0 fully saturated rings. The number of nitrogens with one attached hydrogen (secondary N) is 4. The van der Waals surface area contributed by atoms with Crippen molar-refractivity contribution in [2.24, 2.45) is 0 Å². The lowest BCUT2D eigenvalue weighted by Crippen LogP contribution is -2.49. The van der Waals surface area contributed by atoms with Gasteiger partial charge in [0.1, 0.15) is 0 Å². The number of benzene rings is 2. The second-order valence-corrected chi connectivity index (χ2v) is 5.56. The summed E-state index contributed by atoms with van der Waals surface area (Å²) in [7, 11) is 0. The fourth-order valence-corrected chi connectivity index (χ4v) is 2.11. The first kappa shape index (κ1) is 18.4. The van der Waals surface area contributed by atoms with E-state index in [4.69, 9.17) is 23.8 Å². The predicted octanol–water partition coefficient (Wildman–Crippen LogP) is 3.08. The van der Waals surface area contributed by atoms with Crippen molar-refractivity contribution >= 4 is 52.6 Å². The number of carbonyl (C=O) groups excluding carboxylic acids is 2. The van der Waals surface area contributed by atoms with Gasteiger partial charge in [-0.05, 0) is 42.1 Å². The second kappa shape index (κ2) is 9.41. The van der Waals surface area contributed by atoms with Crippen LogP contribution in [0.3, 0.4) is 0 Å². The van der Waals surface area contributed by atoms with E-state index in [1.165, 1.54) is 6.08 Å². The van der Waals surface area contributed by atoms with Crippen molar-refractivity contribution in [1.82, 2.24) is 16.2 Å². The number of urea groups is 1. The number of hydrogen-bond acceptors (Lipinski definition) is 3. The number of amides is 3. The van der Waals surface area contributed by atoms with Gasteiger partial charge in [0.05, 0.1) is 0 Å². The summed E-state index contributed by atoms with van der Waals surface area (Å²) in [4.78, 5) is 23.4. The number of hydrazine groups is 1. The zero-order valence-corrected chi connectivity index (χ0v) is 14.5. The number of thiocarbonyl (C=S) groups is 1. The van der Waals surface area contributed by atoms with Gasteiger partial charge in [-0.1, -0.05) is 48.0 Å². The van der Waals surface area contributed by atoms with Crippen molar-refractivity contribution < 1.29 is 9.59 Å². The van der Waals surface area contributed by atoms with E-state index < -0.39 is 11.9 Å². The molecule has 0 aliphatic carbocycles. The molecule has 0 radical (unpaired) electrons. The van der Waals surface area contributed by atoms with Gasteiger partial charge in [-0.3, -0.25) is 15.5 Å². The lowest BCUT2D eigenvalue weighted by Gasteiger charge is -2.10. The Hall–Kier alpha value is -2.90. The summed E-state index contributed by atoms with van der Waals surface area (Å²) in [5, 5.41) is 5.48. The largest absolute Gasteiger partial charge is 0.337 e. The molecular weight excluding hydrogens is 360 g/mol. The van der Waals surface area contributed by atoms with Crippen LogP contribution in [0.1, 0.15) is 5.56 Å². The maximum Gasteiger partial charge on any atom is 0.337 e. The average Bonchev–Trinajstić information content (AvgIpc) is 2.60. The first-order valence-corrected chi connectivity index (χ1v) is 7.99. The van der Waals surface area contributed by atoms with Gasteiger partial charge >= 0.3 is 6.03 Å². The SMILES string of the molecule is O=C(C=Cc1ccccc1Cl)NC(=S)NNC(=O)Nc1ccccc1. The molecule has 0 heterocycles. The highest BCUT2D eigenvalue weighted by Gasteiger charge is 2.04.